The zero-order chi connectivity index (χ0) is 17.9. The first-order valence-corrected chi connectivity index (χ1v) is 8.76. The van der Waals surface area contributed by atoms with E-state index in [0.717, 1.165) is 46.0 Å². The minimum absolute atomic E-state index is 0.115. The number of carbonyl (C=O) groups excluding carboxylic acids is 1. The number of amides is 1. The molecule has 0 bridgehead atoms. The Labute approximate surface area is 152 Å². The van der Waals surface area contributed by atoms with Gasteiger partial charge in [0.15, 0.2) is 0 Å². The van der Waals surface area contributed by atoms with Crippen LogP contribution in [0.3, 0.4) is 0 Å². The average molecular weight is 347 g/mol. The predicted molar refractivity (Wildman–Crippen MR) is 103 cm³/mol. The molecular weight excluding hydrogens is 327 g/mol. The molecule has 0 saturated heterocycles. The molecule has 0 aliphatic carbocycles. The summed E-state index contributed by atoms with van der Waals surface area (Å²) in [5.74, 6) is -0.547. The van der Waals surface area contributed by atoms with Crippen molar-refractivity contribution in [2.45, 2.75) is 18.8 Å². The summed E-state index contributed by atoms with van der Waals surface area (Å²) in [5, 5.41) is 5.06. The predicted octanol–water partition coefficient (Wildman–Crippen LogP) is 1.45. The quantitative estimate of drug-likeness (QED) is 0.623. The lowest BCUT2D eigenvalue weighted by atomic mass is 9.84. The number of nitrogens with two attached hydrogens (primary N) is 1. The molecule has 1 aliphatic rings. The Kier molecular flexibility index (Phi) is 4.73. The number of H-pyrrole nitrogens is 1. The van der Waals surface area contributed by atoms with Gasteiger partial charge in [-0.2, -0.15) is 0 Å². The van der Waals surface area contributed by atoms with E-state index in [2.05, 4.69) is 15.3 Å². The normalized spacial score (nSPS) is 15.0. The number of rotatable bonds is 4. The van der Waals surface area contributed by atoms with Crippen LogP contribution in [0.5, 0.6) is 0 Å². The summed E-state index contributed by atoms with van der Waals surface area (Å²) in [6.07, 6.45) is 7.22. The number of aromatic nitrogens is 2. The minimum Gasteiger partial charge on any atom is -0.434 e. The lowest BCUT2D eigenvalue weighted by molar-refractivity contribution is -0.117. The fourth-order valence-electron chi connectivity index (χ4n) is 3.41. The van der Waals surface area contributed by atoms with Gasteiger partial charge in [-0.1, -0.05) is 6.07 Å². The summed E-state index contributed by atoms with van der Waals surface area (Å²) in [6.45, 7) is 0.927. The zero-order valence-corrected chi connectivity index (χ0v) is 14.4. The van der Waals surface area contributed by atoms with Crippen LogP contribution >= 0.6 is 0 Å². The summed E-state index contributed by atoms with van der Waals surface area (Å²) < 4.78 is 5.46. The second-order valence-electron chi connectivity index (χ2n) is 6.44. The first-order chi connectivity index (χ1) is 12.8. The molecule has 4 N–H and O–H groups in total. The number of anilines is 1. The van der Waals surface area contributed by atoms with E-state index >= 15 is 0 Å². The third-order valence-corrected chi connectivity index (χ3v) is 4.76. The van der Waals surface area contributed by atoms with Crippen LogP contribution in [-0.2, 0) is 15.9 Å². The highest BCUT2D eigenvalue weighted by atomic mass is 16.4. The van der Waals surface area contributed by atoms with Gasteiger partial charge in [0, 0.05) is 42.3 Å². The molecule has 6 nitrogen and oxygen atoms in total. The van der Waals surface area contributed by atoms with Gasteiger partial charge >= 0.3 is 7.48 Å². The lowest BCUT2D eigenvalue weighted by Gasteiger charge is -2.16. The van der Waals surface area contributed by atoms with Crippen molar-refractivity contribution in [2.75, 3.05) is 18.5 Å². The molecule has 7 heteroatoms. The number of nitrogens with zero attached hydrogens (tertiary/aromatic N) is 1. The molecular formula is C19H20BN4O2. The smallest absolute Gasteiger partial charge is 0.331 e. The second-order valence-corrected chi connectivity index (χ2v) is 6.44. The van der Waals surface area contributed by atoms with Crippen molar-refractivity contribution >= 4 is 35.3 Å². The maximum absolute atomic E-state index is 12.9. The summed E-state index contributed by atoms with van der Waals surface area (Å²) in [6, 6.07) is 7.69. The summed E-state index contributed by atoms with van der Waals surface area (Å²) >= 11 is 0. The Balaban J connectivity index is 1.58. The number of aromatic amines is 1. The maximum atomic E-state index is 12.9. The van der Waals surface area contributed by atoms with Crippen LogP contribution in [0.4, 0.5) is 5.69 Å². The molecule has 131 valence electrons. The molecule has 1 amide bonds. The summed E-state index contributed by atoms with van der Waals surface area (Å²) in [5.41, 5.74) is 9.71. The largest absolute Gasteiger partial charge is 0.434 e. The maximum Gasteiger partial charge on any atom is 0.331 e. The van der Waals surface area contributed by atoms with Crippen LogP contribution < -0.4 is 16.5 Å². The Hall–Kier alpha value is -2.64. The third-order valence-electron chi connectivity index (χ3n) is 4.76. The van der Waals surface area contributed by atoms with Crippen LogP contribution in [0.15, 0.2) is 42.9 Å². The molecule has 26 heavy (non-hydrogen) atoms. The van der Waals surface area contributed by atoms with E-state index in [1.807, 2.05) is 30.5 Å². The highest BCUT2D eigenvalue weighted by molar-refractivity contribution is 6.47. The van der Waals surface area contributed by atoms with Gasteiger partial charge in [-0.15, -0.1) is 0 Å². The van der Waals surface area contributed by atoms with Gasteiger partial charge in [-0.05, 0) is 53.7 Å². The molecule has 3 aromatic rings. The van der Waals surface area contributed by atoms with Crippen LogP contribution in [0, 0.1) is 0 Å². The van der Waals surface area contributed by atoms with Crippen molar-refractivity contribution in [2.24, 2.45) is 5.73 Å². The average Bonchev–Trinajstić information content (AvgIpc) is 2.90. The topological polar surface area (TPSA) is 93.0 Å². The van der Waals surface area contributed by atoms with Crippen LogP contribution in [0.1, 0.15) is 23.6 Å². The van der Waals surface area contributed by atoms with Gasteiger partial charge in [0.05, 0.1) is 5.92 Å². The molecule has 0 fully saturated rings. The minimum atomic E-state index is -0.432. The zero-order valence-electron chi connectivity index (χ0n) is 14.4. The third kappa shape index (κ3) is 3.23. The number of hydrogen-bond acceptors (Lipinski definition) is 4. The van der Waals surface area contributed by atoms with Crippen molar-refractivity contribution < 1.29 is 9.45 Å². The van der Waals surface area contributed by atoms with E-state index in [1.54, 1.807) is 19.9 Å². The van der Waals surface area contributed by atoms with Crippen LogP contribution in [-0.4, -0.2) is 36.5 Å². The Bertz CT molecular complexity index is 940. The van der Waals surface area contributed by atoms with Gasteiger partial charge in [0.2, 0.25) is 5.91 Å². The van der Waals surface area contributed by atoms with E-state index in [4.69, 9.17) is 10.4 Å². The van der Waals surface area contributed by atoms with Crippen molar-refractivity contribution in [1.82, 2.24) is 9.97 Å². The van der Waals surface area contributed by atoms with Gasteiger partial charge < -0.3 is 20.7 Å². The molecule has 1 aliphatic heterocycles. The molecule has 1 radical (unpaired) electrons. The van der Waals surface area contributed by atoms with Crippen LogP contribution in [0.2, 0.25) is 0 Å². The molecule has 4 rings (SSSR count). The molecule has 1 aromatic carbocycles. The summed E-state index contributed by atoms with van der Waals surface area (Å²) in [4.78, 5) is 20.2. The molecule has 0 saturated carbocycles. The molecule has 1 unspecified atom stereocenters. The molecule has 0 spiro atoms. The Morgan fingerprint density at radius 2 is 2.31 bits per heavy atom. The van der Waals surface area contributed by atoms with Gasteiger partial charge in [-0.3, -0.25) is 9.78 Å². The van der Waals surface area contributed by atoms with Gasteiger partial charge in [-0.25, -0.2) is 0 Å². The molecule has 1 atom stereocenters. The molecule has 3 heterocycles. The number of carbonyl (C=O) groups is 1. The first kappa shape index (κ1) is 16.8. The number of nitrogens with one attached hydrogen (secondary N) is 2. The van der Waals surface area contributed by atoms with Crippen molar-refractivity contribution in [1.29, 1.82) is 0 Å². The van der Waals surface area contributed by atoms with Crippen molar-refractivity contribution in [3.8, 4) is 0 Å². The lowest BCUT2D eigenvalue weighted by Crippen LogP contribution is -2.29. The van der Waals surface area contributed by atoms with Gasteiger partial charge in [0.1, 0.15) is 0 Å². The van der Waals surface area contributed by atoms with E-state index in [-0.39, 0.29) is 12.5 Å². The number of fused-ring (bicyclic) bond motifs is 2. The summed E-state index contributed by atoms with van der Waals surface area (Å²) in [7, 11) is 1.76. The fraction of sp³-hybridized carbons (Fsp3) is 0.263. The highest BCUT2D eigenvalue weighted by Gasteiger charge is 2.26. The standard InChI is InChI=1S/C19H20BN4O2/c21-9-16(18-15-2-1-7-26-20-17(15)11-23-18)19(25)24-14-4-3-13-10-22-6-5-12(13)8-14/h3-6,8,10-11,16,23H,1-2,7,9,21H2,(H,24,25). The van der Waals surface area contributed by atoms with E-state index in [9.17, 15) is 4.79 Å². The highest BCUT2D eigenvalue weighted by Crippen LogP contribution is 2.23. The number of benzene rings is 1. The van der Waals surface area contributed by atoms with Gasteiger partial charge in [0.25, 0.3) is 0 Å². The molecule has 2 aromatic heterocycles. The van der Waals surface area contributed by atoms with E-state index in [1.165, 1.54) is 0 Å². The van der Waals surface area contributed by atoms with E-state index in [0.29, 0.717) is 6.61 Å². The fourth-order valence-corrected chi connectivity index (χ4v) is 3.41. The number of pyridine rings is 1. The Morgan fingerprint density at radius 3 is 3.19 bits per heavy atom. The monoisotopic (exact) mass is 347 g/mol. The number of hydrogen-bond donors (Lipinski definition) is 3. The van der Waals surface area contributed by atoms with Crippen molar-refractivity contribution in [3.63, 3.8) is 0 Å². The Morgan fingerprint density at radius 1 is 1.38 bits per heavy atom. The SMILES string of the molecule is NCC(C(=O)Nc1ccc2cnccc2c1)c1[nH]cc2c1CCCO[B]2. The first-order valence-electron chi connectivity index (χ1n) is 8.76. The second kappa shape index (κ2) is 7.31. The van der Waals surface area contributed by atoms with Crippen LogP contribution in [0.25, 0.3) is 10.8 Å². The van der Waals surface area contributed by atoms with Crippen molar-refractivity contribution in [3.05, 3.63) is 54.1 Å². The van der Waals surface area contributed by atoms with E-state index < -0.39 is 5.92 Å².